The van der Waals surface area contributed by atoms with Crippen LogP contribution in [0.1, 0.15) is 58.1 Å². The van der Waals surface area contributed by atoms with Crippen molar-refractivity contribution in [1.82, 2.24) is 24.6 Å². The van der Waals surface area contributed by atoms with E-state index in [9.17, 15) is 9.59 Å². The molecule has 0 saturated carbocycles. The van der Waals surface area contributed by atoms with E-state index in [2.05, 4.69) is 20.0 Å². The van der Waals surface area contributed by atoms with Gasteiger partial charge in [0.1, 0.15) is 5.82 Å². The minimum absolute atomic E-state index is 0.130. The molecule has 1 amide bonds. The van der Waals surface area contributed by atoms with Gasteiger partial charge in [-0.3, -0.25) is 9.59 Å². The van der Waals surface area contributed by atoms with Crippen LogP contribution in [0.2, 0.25) is 0 Å². The molecule has 1 N–H and O–H groups in total. The van der Waals surface area contributed by atoms with Crippen molar-refractivity contribution in [3.05, 3.63) is 64.5 Å². The lowest BCUT2D eigenvalue weighted by Crippen LogP contribution is -2.23. The predicted octanol–water partition coefficient (Wildman–Crippen LogP) is 3.06. The highest BCUT2D eigenvalue weighted by atomic mass is 16.5. The lowest BCUT2D eigenvalue weighted by Gasteiger charge is -2.11. The van der Waals surface area contributed by atoms with Crippen LogP contribution < -0.4 is 5.32 Å². The Morgan fingerprint density at radius 1 is 1.16 bits per heavy atom. The lowest BCUT2D eigenvalue weighted by molar-refractivity contribution is -0.140. The summed E-state index contributed by atoms with van der Waals surface area (Å²) in [5.41, 5.74) is 5.26. The molecule has 3 aromatic rings. The Labute approximate surface area is 187 Å². The largest absolute Gasteiger partial charge is 0.469 e. The summed E-state index contributed by atoms with van der Waals surface area (Å²) in [5.74, 6) is 0.748. The van der Waals surface area contributed by atoms with E-state index in [1.54, 1.807) is 12.1 Å². The van der Waals surface area contributed by atoms with Gasteiger partial charge in [0.05, 0.1) is 30.7 Å². The molecule has 0 unspecified atom stereocenters. The second-order valence-corrected chi connectivity index (χ2v) is 8.17. The molecule has 0 bridgehead atoms. The molecule has 0 atom stereocenters. The number of hydrogen-bond acceptors (Lipinski definition) is 5. The van der Waals surface area contributed by atoms with Gasteiger partial charge in [-0.1, -0.05) is 0 Å². The first kappa shape index (κ1) is 21.8. The predicted molar refractivity (Wildman–Crippen MR) is 120 cm³/mol. The van der Waals surface area contributed by atoms with Crippen molar-refractivity contribution in [1.29, 1.82) is 0 Å². The highest BCUT2D eigenvalue weighted by molar-refractivity contribution is 5.94. The third-order valence-corrected chi connectivity index (χ3v) is 6.01. The van der Waals surface area contributed by atoms with Crippen molar-refractivity contribution in [3.8, 4) is 5.69 Å². The first-order valence-electron chi connectivity index (χ1n) is 11.0. The molecule has 8 heteroatoms. The Morgan fingerprint density at radius 2 is 1.94 bits per heavy atom. The van der Waals surface area contributed by atoms with Crippen LogP contribution in [0.15, 0.2) is 30.5 Å². The van der Waals surface area contributed by atoms with Crippen molar-refractivity contribution < 1.29 is 14.3 Å². The molecule has 32 heavy (non-hydrogen) atoms. The number of fused-ring (bicyclic) bond motifs is 1. The number of hydrogen-bond donors (Lipinski definition) is 1. The molecule has 0 spiro atoms. The summed E-state index contributed by atoms with van der Waals surface area (Å²) in [6.45, 7) is 5.35. The number of imidazole rings is 1. The van der Waals surface area contributed by atoms with E-state index >= 15 is 0 Å². The van der Waals surface area contributed by atoms with E-state index in [0.29, 0.717) is 24.9 Å². The van der Waals surface area contributed by atoms with Gasteiger partial charge >= 0.3 is 5.97 Å². The Morgan fingerprint density at radius 3 is 2.66 bits per heavy atom. The summed E-state index contributed by atoms with van der Waals surface area (Å²) < 4.78 is 8.77. The number of rotatable bonds is 7. The number of nitrogens with zero attached hydrogens (tertiary/aromatic N) is 4. The Hall–Kier alpha value is -3.42. The van der Waals surface area contributed by atoms with Crippen LogP contribution in [-0.2, 0) is 35.5 Å². The zero-order chi connectivity index (χ0) is 22.7. The van der Waals surface area contributed by atoms with Gasteiger partial charge in [-0.05, 0) is 62.9 Å². The quantitative estimate of drug-likeness (QED) is 0.576. The molecule has 8 nitrogen and oxygen atoms in total. The maximum atomic E-state index is 12.6. The van der Waals surface area contributed by atoms with E-state index in [1.807, 2.05) is 36.9 Å². The number of amides is 1. The Kier molecular flexibility index (Phi) is 6.39. The van der Waals surface area contributed by atoms with Gasteiger partial charge in [0.2, 0.25) is 0 Å². The molecular weight excluding hydrogens is 406 g/mol. The number of methoxy groups -OCH3 is 1. The molecule has 1 aliphatic heterocycles. The molecule has 0 radical (unpaired) electrons. The SMILES string of the molecule is COC(=O)CCc1c(C)nn(-c2ccc(C(=O)NCc3cn4c(n3)CCCC4)cc2)c1C. The van der Waals surface area contributed by atoms with Crippen LogP contribution in [0.4, 0.5) is 0 Å². The van der Waals surface area contributed by atoms with E-state index in [1.165, 1.54) is 20.0 Å². The fourth-order valence-electron chi connectivity index (χ4n) is 4.20. The minimum Gasteiger partial charge on any atom is -0.469 e. The summed E-state index contributed by atoms with van der Waals surface area (Å²) in [6.07, 6.45) is 6.32. The monoisotopic (exact) mass is 435 g/mol. The van der Waals surface area contributed by atoms with Crippen molar-refractivity contribution in [2.24, 2.45) is 0 Å². The zero-order valence-electron chi connectivity index (χ0n) is 18.9. The van der Waals surface area contributed by atoms with Gasteiger partial charge < -0.3 is 14.6 Å². The van der Waals surface area contributed by atoms with Gasteiger partial charge in [-0.25, -0.2) is 9.67 Å². The Bertz CT molecular complexity index is 1100. The summed E-state index contributed by atoms with van der Waals surface area (Å²) in [5, 5.41) is 7.58. The van der Waals surface area contributed by atoms with Gasteiger partial charge in [0.25, 0.3) is 5.91 Å². The highest BCUT2D eigenvalue weighted by Crippen LogP contribution is 2.20. The second kappa shape index (κ2) is 9.38. The molecule has 1 aliphatic rings. The number of aromatic nitrogens is 4. The van der Waals surface area contributed by atoms with Crippen LogP contribution in [0, 0.1) is 13.8 Å². The van der Waals surface area contributed by atoms with Crippen molar-refractivity contribution in [2.45, 2.75) is 59.0 Å². The van der Waals surface area contributed by atoms with Crippen LogP contribution in [0.3, 0.4) is 0 Å². The van der Waals surface area contributed by atoms with Crippen LogP contribution in [0.5, 0.6) is 0 Å². The van der Waals surface area contributed by atoms with Crippen molar-refractivity contribution >= 4 is 11.9 Å². The van der Waals surface area contributed by atoms with Crippen molar-refractivity contribution in [2.75, 3.05) is 7.11 Å². The normalized spacial score (nSPS) is 13.0. The summed E-state index contributed by atoms with van der Waals surface area (Å²) in [4.78, 5) is 28.7. The van der Waals surface area contributed by atoms with Gasteiger partial charge in [0.15, 0.2) is 0 Å². The average molecular weight is 436 g/mol. The second-order valence-electron chi connectivity index (χ2n) is 8.17. The summed E-state index contributed by atoms with van der Waals surface area (Å²) >= 11 is 0. The van der Waals surface area contributed by atoms with Gasteiger partial charge in [0, 0.05) is 36.8 Å². The van der Waals surface area contributed by atoms with Crippen molar-refractivity contribution in [3.63, 3.8) is 0 Å². The third-order valence-electron chi connectivity index (χ3n) is 6.01. The van der Waals surface area contributed by atoms with Crippen LogP contribution in [-0.4, -0.2) is 38.3 Å². The number of aryl methyl sites for hydroxylation is 3. The number of esters is 1. The van der Waals surface area contributed by atoms with Crippen LogP contribution in [0.25, 0.3) is 5.69 Å². The maximum Gasteiger partial charge on any atom is 0.305 e. The maximum absolute atomic E-state index is 12.6. The molecule has 2 aromatic heterocycles. The lowest BCUT2D eigenvalue weighted by atomic mass is 10.1. The number of nitrogens with one attached hydrogen (secondary N) is 1. The first-order valence-corrected chi connectivity index (χ1v) is 11.0. The smallest absolute Gasteiger partial charge is 0.305 e. The molecule has 3 heterocycles. The average Bonchev–Trinajstić information content (AvgIpc) is 3.35. The number of carbonyl (C=O) groups is 2. The Balaban J connectivity index is 1.41. The molecule has 0 fully saturated rings. The highest BCUT2D eigenvalue weighted by Gasteiger charge is 2.16. The number of carbonyl (C=O) groups excluding carboxylic acids is 2. The minimum atomic E-state index is -0.234. The fourth-order valence-corrected chi connectivity index (χ4v) is 4.20. The van der Waals surface area contributed by atoms with Gasteiger partial charge in [-0.15, -0.1) is 0 Å². The van der Waals surface area contributed by atoms with E-state index in [-0.39, 0.29) is 11.9 Å². The third kappa shape index (κ3) is 4.59. The molecule has 0 aliphatic carbocycles. The van der Waals surface area contributed by atoms with Gasteiger partial charge in [-0.2, -0.15) is 5.10 Å². The number of ether oxygens (including phenoxy) is 1. The fraction of sp³-hybridized carbons (Fsp3) is 0.417. The zero-order valence-corrected chi connectivity index (χ0v) is 18.9. The molecule has 168 valence electrons. The van der Waals surface area contributed by atoms with E-state index in [4.69, 9.17) is 4.74 Å². The van der Waals surface area contributed by atoms with Crippen LogP contribution >= 0.6 is 0 Å². The van der Waals surface area contributed by atoms with E-state index < -0.39 is 0 Å². The summed E-state index contributed by atoms with van der Waals surface area (Å²) in [7, 11) is 1.39. The molecule has 4 rings (SSSR count). The number of benzene rings is 1. The molecule has 1 aromatic carbocycles. The molecule has 0 saturated heterocycles. The van der Waals surface area contributed by atoms with E-state index in [0.717, 1.165) is 47.1 Å². The topological polar surface area (TPSA) is 91.0 Å². The molecular formula is C24H29N5O3. The summed E-state index contributed by atoms with van der Waals surface area (Å²) in [6, 6.07) is 7.36. The first-order chi connectivity index (χ1) is 15.5. The standard InChI is InChI=1S/C24H29N5O3/c1-16-21(11-12-23(30)32-3)17(2)29(27-16)20-9-7-18(8-10-20)24(31)25-14-19-15-28-13-5-4-6-22(28)26-19/h7-10,15H,4-6,11-14H2,1-3H3,(H,25,31).